The van der Waals surface area contributed by atoms with Crippen LogP contribution in [-0.4, -0.2) is 84.2 Å². The molecule has 43 heavy (non-hydrogen) atoms. The van der Waals surface area contributed by atoms with E-state index in [9.17, 15) is 9.59 Å². The standard InChI is InChI=1S/C33H34BrN3O6/c34-26-10-6-23(7-11-26)20-33-30(43-31(35-33)24-8-12-27(13-9-24)42-17-3-16-38)28-5-2-1-4-25(28)21-37(32(33)40)22-29(39)36-14-18-41-19-15-36/h1-2,4-13,30,38H,3,14-22H2/t30-,33-/m1/s1. The zero-order chi connectivity index (χ0) is 29.8. The predicted octanol–water partition coefficient (Wildman–Crippen LogP) is 3.91. The number of hydrogen-bond acceptors (Lipinski definition) is 7. The molecule has 3 aromatic carbocycles. The van der Waals surface area contributed by atoms with E-state index >= 15 is 0 Å². The molecule has 2 atom stereocenters. The molecule has 0 radical (unpaired) electrons. The van der Waals surface area contributed by atoms with E-state index in [1.807, 2.05) is 72.8 Å². The molecule has 0 spiro atoms. The lowest BCUT2D eigenvalue weighted by Gasteiger charge is -2.34. The highest BCUT2D eigenvalue weighted by Crippen LogP contribution is 2.46. The quantitative estimate of drug-likeness (QED) is 0.354. The number of carbonyl (C=O) groups is 2. The minimum atomic E-state index is -1.32. The van der Waals surface area contributed by atoms with Gasteiger partial charge in [0, 0.05) is 54.7 Å². The van der Waals surface area contributed by atoms with Crippen molar-refractivity contribution in [2.75, 3.05) is 46.1 Å². The highest BCUT2D eigenvalue weighted by atomic mass is 79.9. The summed E-state index contributed by atoms with van der Waals surface area (Å²) in [7, 11) is 0. The van der Waals surface area contributed by atoms with Crippen molar-refractivity contribution in [3.63, 3.8) is 0 Å². The van der Waals surface area contributed by atoms with Crippen molar-refractivity contribution < 1.29 is 28.9 Å². The van der Waals surface area contributed by atoms with Gasteiger partial charge in [0.2, 0.25) is 11.8 Å². The summed E-state index contributed by atoms with van der Waals surface area (Å²) >= 11 is 3.51. The van der Waals surface area contributed by atoms with Gasteiger partial charge in [0.05, 0.1) is 19.8 Å². The lowest BCUT2D eigenvalue weighted by Crippen LogP contribution is -2.53. The first-order valence-corrected chi connectivity index (χ1v) is 15.3. The van der Waals surface area contributed by atoms with Crippen LogP contribution in [0.3, 0.4) is 0 Å². The molecule has 1 N–H and O–H groups in total. The van der Waals surface area contributed by atoms with E-state index in [4.69, 9.17) is 24.3 Å². The summed E-state index contributed by atoms with van der Waals surface area (Å²) in [5.41, 5.74) is 2.15. The molecular weight excluding hydrogens is 614 g/mol. The number of carbonyl (C=O) groups excluding carboxylic acids is 2. The molecule has 2 amide bonds. The van der Waals surface area contributed by atoms with E-state index in [1.54, 1.807) is 9.80 Å². The molecule has 0 unspecified atom stereocenters. The number of morpholine rings is 1. The largest absolute Gasteiger partial charge is 0.494 e. The van der Waals surface area contributed by atoms with Crippen molar-refractivity contribution in [2.24, 2.45) is 4.99 Å². The van der Waals surface area contributed by atoms with Crippen LogP contribution >= 0.6 is 15.9 Å². The molecule has 3 aromatic rings. The Balaban J connectivity index is 1.40. The van der Waals surface area contributed by atoms with E-state index in [0.29, 0.717) is 57.4 Å². The Hall–Kier alpha value is -3.73. The van der Waals surface area contributed by atoms with Crippen molar-refractivity contribution in [1.82, 2.24) is 9.80 Å². The number of nitrogens with zero attached hydrogens (tertiary/aromatic N) is 3. The van der Waals surface area contributed by atoms with Crippen molar-refractivity contribution in [3.05, 3.63) is 99.5 Å². The Morgan fingerprint density at radius 2 is 1.79 bits per heavy atom. The monoisotopic (exact) mass is 647 g/mol. The minimum Gasteiger partial charge on any atom is -0.494 e. The minimum absolute atomic E-state index is 0.0489. The van der Waals surface area contributed by atoms with Crippen LogP contribution in [0.1, 0.15) is 34.8 Å². The summed E-state index contributed by atoms with van der Waals surface area (Å²) in [6.45, 7) is 2.72. The molecule has 3 aliphatic heterocycles. The number of halogens is 1. The van der Waals surface area contributed by atoms with E-state index in [1.165, 1.54) is 0 Å². The van der Waals surface area contributed by atoms with Crippen molar-refractivity contribution >= 4 is 33.6 Å². The van der Waals surface area contributed by atoms with Crippen molar-refractivity contribution in [2.45, 2.75) is 31.0 Å². The third kappa shape index (κ3) is 6.18. The predicted molar refractivity (Wildman–Crippen MR) is 164 cm³/mol. The highest BCUT2D eigenvalue weighted by molar-refractivity contribution is 9.10. The fourth-order valence-electron chi connectivity index (χ4n) is 5.85. The fraction of sp³-hybridized carbons (Fsp3) is 0.364. The molecule has 6 rings (SSSR count). The second-order valence-electron chi connectivity index (χ2n) is 10.9. The molecule has 0 saturated carbocycles. The number of aliphatic hydroxyl groups is 1. The maximum absolute atomic E-state index is 14.8. The molecular formula is C33H34BrN3O6. The van der Waals surface area contributed by atoms with Crippen LogP contribution < -0.4 is 4.74 Å². The van der Waals surface area contributed by atoms with Gasteiger partial charge in [0.1, 0.15) is 12.3 Å². The molecule has 224 valence electrons. The first kappa shape index (κ1) is 29.3. The van der Waals surface area contributed by atoms with Crippen LogP contribution in [0.25, 0.3) is 0 Å². The average Bonchev–Trinajstić information content (AvgIpc) is 3.39. The fourth-order valence-corrected chi connectivity index (χ4v) is 6.11. The molecule has 9 nitrogen and oxygen atoms in total. The second-order valence-corrected chi connectivity index (χ2v) is 11.9. The number of hydrogen-bond donors (Lipinski definition) is 1. The van der Waals surface area contributed by atoms with E-state index < -0.39 is 11.6 Å². The summed E-state index contributed by atoms with van der Waals surface area (Å²) in [5, 5.41) is 9.05. The average molecular weight is 649 g/mol. The van der Waals surface area contributed by atoms with Gasteiger partial charge in [0.25, 0.3) is 5.91 Å². The molecule has 10 heteroatoms. The molecule has 1 fully saturated rings. The second kappa shape index (κ2) is 12.9. The van der Waals surface area contributed by atoms with Crippen molar-refractivity contribution in [3.8, 4) is 5.75 Å². The Kier molecular flexibility index (Phi) is 8.78. The van der Waals surface area contributed by atoms with Gasteiger partial charge < -0.3 is 29.1 Å². The van der Waals surface area contributed by atoms with Gasteiger partial charge in [-0.05, 0) is 47.5 Å². The maximum atomic E-state index is 14.8. The van der Waals surface area contributed by atoms with Gasteiger partial charge in [-0.1, -0.05) is 52.3 Å². The number of benzene rings is 3. The van der Waals surface area contributed by atoms with E-state index in [-0.39, 0.29) is 31.5 Å². The lowest BCUT2D eigenvalue weighted by molar-refractivity contribution is -0.147. The van der Waals surface area contributed by atoms with Crippen LogP contribution in [0.5, 0.6) is 5.75 Å². The van der Waals surface area contributed by atoms with Gasteiger partial charge in [-0.25, -0.2) is 4.99 Å². The zero-order valence-corrected chi connectivity index (χ0v) is 25.4. The summed E-state index contributed by atoms with van der Waals surface area (Å²) in [5.74, 6) is 0.695. The summed E-state index contributed by atoms with van der Waals surface area (Å²) < 4.78 is 18.7. The maximum Gasteiger partial charge on any atom is 0.256 e. The number of aliphatic imine (C=N–C) groups is 1. The van der Waals surface area contributed by atoms with Crippen LogP contribution in [0, 0.1) is 0 Å². The smallest absolute Gasteiger partial charge is 0.256 e. The van der Waals surface area contributed by atoms with Crippen LogP contribution in [-0.2, 0) is 32.0 Å². The topological polar surface area (TPSA) is 101 Å². The molecule has 3 heterocycles. The number of amides is 2. The van der Waals surface area contributed by atoms with E-state index in [0.717, 1.165) is 26.7 Å². The Morgan fingerprint density at radius 3 is 2.53 bits per heavy atom. The normalized spacial score (nSPS) is 21.4. The summed E-state index contributed by atoms with van der Waals surface area (Å²) in [6, 6.07) is 23.1. The van der Waals surface area contributed by atoms with Gasteiger partial charge in [-0.2, -0.15) is 0 Å². The molecule has 0 bridgehead atoms. The zero-order valence-electron chi connectivity index (χ0n) is 23.8. The molecule has 3 aliphatic rings. The summed E-state index contributed by atoms with van der Waals surface area (Å²) in [4.78, 5) is 36.7. The molecule has 0 aromatic heterocycles. The Labute approximate surface area is 259 Å². The number of rotatable bonds is 9. The molecule has 0 aliphatic carbocycles. The number of aliphatic hydroxyl groups excluding tert-OH is 1. The lowest BCUT2D eigenvalue weighted by atomic mass is 9.81. The summed E-state index contributed by atoms with van der Waals surface area (Å²) in [6.07, 6.45) is 0.162. The van der Waals surface area contributed by atoms with Crippen LogP contribution in [0.4, 0.5) is 0 Å². The van der Waals surface area contributed by atoms with Gasteiger partial charge in [0.15, 0.2) is 11.6 Å². The van der Waals surface area contributed by atoms with Crippen LogP contribution in [0.15, 0.2) is 82.3 Å². The SMILES string of the molecule is O=C(CN1Cc2ccccc2[C@H]2OC(c3ccc(OCCCO)cc3)=N[C@@]2(Cc2ccc(Br)cc2)C1=O)N1CCOCC1. The first-order chi connectivity index (χ1) is 21.0. The first-order valence-electron chi connectivity index (χ1n) is 14.5. The third-order valence-electron chi connectivity index (χ3n) is 8.07. The van der Waals surface area contributed by atoms with Gasteiger partial charge >= 0.3 is 0 Å². The van der Waals surface area contributed by atoms with Gasteiger partial charge in [-0.3, -0.25) is 9.59 Å². The van der Waals surface area contributed by atoms with Crippen LogP contribution in [0.2, 0.25) is 0 Å². The van der Waals surface area contributed by atoms with Crippen molar-refractivity contribution in [1.29, 1.82) is 0 Å². The van der Waals surface area contributed by atoms with E-state index in [2.05, 4.69) is 15.9 Å². The number of fused-ring (bicyclic) bond motifs is 3. The highest BCUT2D eigenvalue weighted by Gasteiger charge is 2.57. The number of ether oxygens (including phenoxy) is 3. The third-order valence-corrected chi connectivity index (χ3v) is 8.60. The molecule has 1 saturated heterocycles. The Morgan fingerprint density at radius 1 is 1.05 bits per heavy atom. The van der Waals surface area contributed by atoms with Gasteiger partial charge in [-0.15, -0.1) is 0 Å². The Bertz CT molecular complexity index is 1490.